The highest BCUT2D eigenvalue weighted by Gasteiger charge is 2.28. The van der Waals surface area contributed by atoms with Gasteiger partial charge >= 0.3 is 0 Å². The summed E-state index contributed by atoms with van der Waals surface area (Å²) in [5.74, 6) is 0.136. The van der Waals surface area contributed by atoms with Gasteiger partial charge in [-0.1, -0.05) is 11.6 Å². The van der Waals surface area contributed by atoms with Crippen LogP contribution in [0.15, 0.2) is 17.0 Å². The van der Waals surface area contributed by atoms with E-state index in [1.807, 2.05) is 27.7 Å². The van der Waals surface area contributed by atoms with Crippen LogP contribution in [0.1, 0.15) is 40.2 Å². The van der Waals surface area contributed by atoms with Gasteiger partial charge in [-0.05, 0) is 46.8 Å². The lowest BCUT2D eigenvalue weighted by atomic mass is 10.1. The second kappa shape index (κ2) is 6.54. The minimum atomic E-state index is -3.87. The molecule has 0 saturated heterocycles. The molecule has 0 aromatic heterocycles. The summed E-state index contributed by atoms with van der Waals surface area (Å²) in [6.07, 6.45) is 0.554. The predicted octanol–water partition coefficient (Wildman–Crippen LogP) is 2.24. The van der Waals surface area contributed by atoms with Gasteiger partial charge in [0, 0.05) is 17.5 Å². The molecule has 0 spiro atoms. The highest BCUT2D eigenvalue weighted by Crippen LogP contribution is 2.37. The molecule has 1 aliphatic rings. The number of hydrogen-bond donors (Lipinski definition) is 2. The largest absolute Gasteiger partial charge is 0.489 e. The summed E-state index contributed by atoms with van der Waals surface area (Å²) >= 11 is 6.14. The average Bonchev–Trinajstić information content (AvgIpc) is 2.77. The maximum Gasteiger partial charge on any atom is 0.241 e. The number of carbonyl (C=O) groups excluding carboxylic acids is 1. The van der Waals surface area contributed by atoms with E-state index in [1.54, 1.807) is 6.07 Å². The number of halogens is 1. The Morgan fingerprint density at radius 1 is 1.38 bits per heavy atom. The fraction of sp³-hybridized carbons (Fsp3) is 0.562. The van der Waals surface area contributed by atoms with Crippen LogP contribution < -0.4 is 14.8 Å². The lowest BCUT2D eigenvalue weighted by Gasteiger charge is -2.23. The third-order valence-electron chi connectivity index (χ3n) is 3.45. The van der Waals surface area contributed by atoms with Crippen LogP contribution in [0.5, 0.6) is 5.75 Å². The van der Waals surface area contributed by atoms with Gasteiger partial charge in [0.05, 0.1) is 16.0 Å². The number of hydrogen-bond acceptors (Lipinski definition) is 4. The summed E-state index contributed by atoms with van der Waals surface area (Å²) in [5, 5.41) is 2.99. The molecule has 0 aliphatic carbocycles. The van der Waals surface area contributed by atoms with Crippen LogP contribution in [0.2, 0.25) is 5.02 Å². The van der Waals surface area contributed by atoms with Gasteiger partial charge in [0.15, 0.2) is 0 Å². The minimum Gasteiger partial charge on any atom is -0.489 e. The number of rotatable bonds is 4. The molecule has 2 N–H and O–H groups in total. The van der Waals surface area contributed by atoms with Gasteiger partial charge in [0.2, 0.25) is 15.9 Å². The first-order valence-electron chi connectivity index (χ1n) is 7.72. The molecule has 2 atom stereocenters. The number of carbonyl (C=O) groups is 1. The van der Waals surface area contributed by atoms with Crippen LogP contribution >= 0.6 is 11.6 Å². The minimum absolute atomic E-state index is 0.0272. The molecule has 0 bridgehead atoms. The zero-order chi connectivity index (χ0) is 18.3. The lowest BCUT2D eigenvalue weighted by molar-refractivity contribution is -0.123. The first kappa shape index (κ1) is 19.0. The monoisotopic (exact) mass is 374 g/mol. The predicted molar refractivity (Wildman–Crippen MR) is 92.9 cm³/mol. The maximum absolute atomic E-state index is 12.6. The van der Waals surface area contributed by atoms with E-state index in [0.29, 0.717) is 12.2 Å². The summed E-state index contributed by atoms with van der Waals surface area (Å²) in [6.45, 7) is 8.87. The summed E-state index contributed by atoms with van der Waals surface area (Å²) < 4.78 is 33.1. The van der Waals surface area contributed by atoms with Crippen LogP contribution in [-0.2, 0) is 21.2 Å². The number of fused-ring (bicyclic) bond motifs is 1. The van der Waals surface area contributed by atoms with Crippen LogP contribution in [0.4, 0.5) is 0 Å². The van der Waals surface area contributed by atoms with E-state index in [2.05, 4.69) is 10.0 Å². The van der Waals surface area contributed by atoms with Crippen molar-refractivity contribution in [3.05, 3.63) is 22.7 Å². The zero-order valence-electron chi connectivity index (χ0n) is 14.4. The first-order chi connectivity index (χ1) is 10.9. The Kier molecular flexibility index (Phi) is 5.18. The topological polar surface area (TPSA) is 84.5 Å². The molecule has 0 unspecified atom stereocenters. The normalized spacial score (nSPS) is 18.7. The smallest absolute Gasteiger partial charge is 0.241 e. The molecule has 2 rings (SSSR count). The molecule has 6 nitrogen and oxygen atoms in total. The average molecular weight is 375 g/mol. The van der Waals surface area contributed by atoms with Gasteiger partial charge < -0.3 is 10.1 Å². The fourth-order valence-corrected chi connectivity index (χ4v) is 4.07. The molecule has 1 heterocycles. The van der Waals surface area contributed by atoms with Crippen LogP contribution in [0, 0.1) is 0 Å². The summed E-state index contributed by atoms with van der Waals surface area (Å²) in [5.41, 5.74) is 0.309. The van der Waals surface area contributed by atoms with Crippen molar-refractivity contribution in [2.45, 2.75) is 63.6 Å². The molecule has 1 aromatic carbocycles. The molecule has 1 amide bonds. The van der Waals surface area contributed by atoms with Crippen molar-refractivity contribution in [2.24, 2.45) is 0 Å². The van der Waals surface area contributed by atoms with Gasteiger partial charge in [-0.15, -0.1) is 0 Å². The molecule has 0 saturated carbocycles. The van der Waals surface area contributed by atoms with Crippen molar-refractivity contribution >= 4 is 27.5 Å². The quantitative estimate of drug-likeness (QED) is 0.846. The summed E-state index contributed by atoms with van der Waals surface area (Å²) in [7, 11) is -3.87. The molecule has 1 aliphatic heterocycles. The summed E-state index contributed by atoms with van der Waals surface area (Å²) in [4.78, 5) is 12.1. The van der Waals surface area contributed by atoms with Crippen molar-refractivity contribution in [1.29, 1.82) is 0 Å². The van der Waals surface area contributed by atoms with Gasteiger partial charge in [0.25, 0.3) is 0 Å². The Hall–Kier alpha value is -1.31. The fourth-order valence-electron chi connectivity index (χ4n) is 2.45. The van der Waals surface area contributed by atoms with E-state index in [9.17, 15) is 13.2 Å². The number of amides is 1. The van der Waals surface area contributed by atoms with Crippen molar-refractivity contribution in [3.63, 3.8) is 0 Å². The number of sulfonamides is 1. The van der Waals surface area contributed by atoms with E-state index in [0.717, 1.165) is 5.56 Å². The van der Waals surface area contributed by atoms with Crippen LogP contribution in [0.25, 0.3) is 0 Å². The van der Waals surface area contributed by atoms with Gasteiger partial charge in [-0.2, -0.15) is 4.72 Å². The van der Waals surface area contributed by atoms with Crippen LogP contribution in [-0.4, -0.2) is 32.0 Å². The molecule has 134 valence electrons. The Bertz CT molecular complexity index is 756. The Morgan fingerprint density at radius 2 is 2.00 bits per heavy atom. The molecule has 1 aromatic rings. The van der Waals surface area contributed by atoms with Gasteiger partial charge in [0.1, 0.15) is 11.9 Å². The van der Waals surface area contributed by atoms with Crippen molar-refractivity contribution in [2.75, 3.05) is 0 Å². The third kappa shape index (κ3) is 4.40. The van der Waals surface area contributed by atoms with Crippen molar-refractivity contribution < 1.29 is 17.9 Å². The van der Waals surface area contributed by atoms with E-state index in [1.165, 1.54) is 13.0 Å². The lowest BCUT2D eigenvalue weighted by Crippen LogP contribution is -2.50. The SMILES string of the molecule is C[C@@H]1Cc2cc(S(=O)(=O)N[C@@H](C)C(=O)NC(C)(C)C)cc(Cl)c2O1. The maximum atomic E-state index is 12.6. The Labute approximate surface area is 148 Å². The highest BCUT2D eigenvalue weighted by atomic mass is 35.5. The molecular weight excluding hydrogens is 352 g/mol. The van der Waals surface area contributed by atoms with Gasteiger partial charge in [-0.25, -0.2) is 8.42 Å². The van der Waals surface area contributed by atoms with Crippen molar-refractivity contribution in [1.82, 2.24) is 10.0 Å². The molecule has 0 radical (unpaired) electrons. The van der Waals surface area contributed by atoms with E-state index >= 15 is 0 Å². The standard InChI is InChI=1S/C16H23ClN2O4S/c1-9-6-11-7-12(8-13(17)14(11)23-9)24(21,22)19-10(2)15(20)18-16(3,4)5/h7-10,19H,6H2,1-5H3,(H,18,20)/t9-,10+/m1/s1. The van der Waals surface area contributed by atoms with Crippen LogP contribution in [0.3, 0.4) is 0 Å². The number of ether oxygens (including phenoxy) is 1. The Balaban J connectivity index is 2.21. The Morgan fingerprint density at radius 3 is 2.58 bits per heavy atom. The van der Waals surface area contributed by atoms with E-state index < -0.39 is 27.5 Å². The molecule has 0 fully saturated rings. The van der Waals surface area contributed by atoms with E-state index in [4.69, 9.17) is 16.3 Å². The molecule has 24 heavy (non-hydrogen) atoms. The number of nitrogens with one attached hydrogen (secondary N) is 2. The first-order valence-corrected chi connectivity index (χ1v) is 9.58. The second-order valence-electron chi connectivity index (χ2n) is 7.11. The van der Waals surface area contributed by atoms with E-state index in [-0.39, 0.29) is 16.0 Å². The number of benzene rings is 1. The van der Waals surface area contributed by atoms with Gasteiger partial charge in [-0.3, -0.25) is 4.79 Å². The highest BCUT2D eigenvalue weighted by molar-refractivity contribution is 7.89. The van der Waals surface area contributed by atoms with Crippen molar-refractivity contribution in [3.8, 4) is 5.75 Å². The third-order valence-corrected chi connectivity index (χ3v) is 5.26. The second-order valence-corrected chi connectivity index (χ2v) is 9.23. The molecule has 8 heteroatoms. The summed E-state index contributed by atoms with van der Waals surface area (Å²) in [6, 6.07) is 1.98. The molecular formula is C16H23ClN2O4S. The zero-order valence-corrected chi connectivity index (χ0v) is 16.0.